The van der Waals surface area contributed by atoms with Crippen molar-refractivity contribution in [3.63, 3.8) is 0 Å². The van der Waals surface area contributed by atoms with Gasteiger partial charge in [-0.2, -0.15) is 0 Å². The normalized spacial score (nSPS) is 11.4. The van der Waals surface area contributed by atoms with Gasteiger partial charge in [0.15, 0.2) is 5.96 Å². The Kier molecular flexibility index (Phi) is 11.5. The van der Waals surface area contributed by atoms with Gasteiger partial charge in [-0.15, -0.1) is 0 Å². The molecule has 0 bridgehead atoms. The van der Waals surface area contributed by atoms with E-state index in [1.165, 1.54) is 0 Å². The van der Waals surface area contributed by atoms with Crippen LogP contribution in [-0.2, 0) is 16.0 Å². The fourth-order valence-corrected chi connectivity index (χ4v) is 2.38. The molecule has 0 aliphatic heterocycles. The van der Waals surface area contributed by atoms with Crippen molar-refractivity contribution in [1.29, 1.82) is 0 Å². The van der Waals surface area contributed by atoms with Gasteiger partial charge in [0, 0.05) is 46.0 Å². The summed E-state index contributed by atoms with van der Waals surface area (Å²) in [5.41, 5.74) is 1.14. The molecule has 0 heterocycles. The van der Waals surface area contributed by atoms with Gasteiger partial charge >= 0.3 is 0 Å². The van der Waals surface area contributed by atoms with Crippen molar-refractivity contribution >= 4 is 5.96 Å². The van der Waals surface area contributed by atoms with E-state index in [9.17, 15) is 0 Å². The second kappa shape index (κ2) is 13.5. The zero-order valence-electron chi connectivity index (χ0n) is 16.1. The highest BCUT2D eigenvalue weighted by Crippen LogP contribution is 2.18. The minimum Gasteiger partial charge on any atom is -0.496 e. The van der Waals surface area contributed by atoms with Gasteiger partial charge in [0.05, 0.1) is 20.3 Å². The molecule has 0 unspecified atom stereocenters. The van der Waals surface area contributed by atoms with Crippen LogP contribution in [-0.4, -0.2) is 65.0 Å². The first-order valence-electron chi connectivity index (χ1n) is 8.91. The number of benzene rings is 1. The number of nitrogens with one attached hydrogen (secondary N) is 1. The van der Waals surface area contributed by atoms with Crippen molar-refractivity contribution in [2.45, 2.75) is 26.3 Å². The molecule has 1 aromatic rings. The summed E-state index contributed by atoms with van der Waals surface area (Å²) in [5, 5.41) is 3.35. The summed E-state index contributed by atoms with van der Waals surface area (Å²) in [5.74, 6) is 1.81. The third-order valence-electron chi connectivity index (χ3n) is 3.69. The minimum absolute atomic E-state index is 0.649. The lowest BCUT2D eigenvalue weighted by atomic mass is 10.2. The van der Waals surface area contributed by atoms with Crippen LogP contribution in [0.4, 0.5) is 0 Å². The second-order valence-electron chi connectivity index (χ2n) is 5.72. The lowest BCUT2D eigenvalue weighted by molar-refractivity contribution is 0.0690. The molecule has 0 fully saturated rings. The van der Waals surface area contributed by atoms with Crippen LogP contribution in [0.15, 0.2) is 29.3 Å². The van der Waals surface area contributed by atoms with Gasteiger partial charge < -0.3 is 24.4 Å². The molecule has 6 nitrogen and oxygen atoms in total. The fourth-order valence-electron chi connectivity index (χ4n) is 2.38. The van der Waals surface area contributed by atoms with Crippen molar-refractivity contribution in [3.8, 4) is 5.75 Å². The van der Waals surface area contributed by atoms with Gasteiger partial charge in [-0.25, -0.2) is 0 Å². The quantitative estimate of drug-likeness (QED) is 0.356. The van der Waals surface area contributed by atoms with Crippen LogP contribution in [0, 0.1) is 0 Å². The smallest absolute Gasteiger partial charge is 0.193 e. The van der Waals surface area contributed by atoms with E-state index in [-0.39, 0.29) is 0 Å². The van der Waals surface area contributed by atoms with Gasteiger partial charge in [-0.05, 0) is 25.8 Å². The molecule has 6 heteroatoms. The predicted octanol–water partition coefficient (Wildman–Crippen LogP) is 2.54. The Morgan fingerprint density at radius 2 is 1.92 bits per heavy atom. The van der Waals surface area contributed by atoms with E-state index in [1.54, 1.807) is 14.2 Å². The van der Waals surface area contributed by atoms with Gasteiger partial charge in [0.2, 0.25) is 0 Å². The highest BCUT2D eigenvalue weighted by molar-refractivity contribution is 5.79. The number of unbranched alkanes of at least 4 members (excludes halogenated alkanes) is 1. The third-order valence-corrected chi connectivity index (χ3v) is 3.69. The summed E-state index contributed by atoms with van der Waals surface area (Å²) in [6, 6.07) is 8.07. The molecule has 0 aliphatic carbocycles. The van der Waals surface area contributed by atoms with E-state index >= 15 is 0 Å². The van der Waals surface area contributed by atoms with Gasteiger partial charge in [-0.1, -0.05) is 18.2 Å². The maximum absolute atomic E-state index is 5.47. The number of aliphatic imine (C=N–C) groups is 1. The average molecular weight is 351 g/mol. The summed E-state index contributed by atoms with van der Waals surface area (Å²) >= 11 is 0. The van der Waals surface area contributed by atoms with E-state index in [1.807, 2.05) is 25.2 Å². The predicted molar refractivity (Wildman–Crippen MR) is 102 cm³/mol. The summed E-state index contributed by atoms with van der Waals surface area (Å²) < 4.78 is 15.8. The summed E-state index contributed by atoms with van der Waals surface area (Å²) in [4.78, 5) is 6.83. The summed E-state index contributed by atoms with van der Waals surface area (Å²) in [7, 11) is 5.43. The van der Waals surface area contributed by atoms with E-state index in [0.29, 0.717) is 13.2 Å². The fraction of sp³-hybridized carbons (Fsp3) is 0.632. The van der Waals surface area contributed by atoms with Crippen molar-refractivity contribution in [2.75, 3.05) is 54.2 Å². The zero-order chi connectivity index (χ0) is 18.3. The molecule has 0 atom stereocenters. The van der Waals surface area contributed by atoms with E-state index in [0.717, 1.165) is 56.4 Å². The number of hydrogen-bond acceptors (Lipinski definition) is 4. The Morgan fingerprint density at radius 1 is 1.12 bits per heavy atom. The Morgan fingerprint density at radius 3 is 2.64 bits per heavy atom. The number of methoxy groups -OCH3 is 2. The number of guanidine groups is 1. The van der Waals surface area contributed by atoms with Crippen LogP contribution >= 0.6 is 0 Å². The highest BCUT2D eigenvalue weighted by atomic mass is 16.5. The molecular formula is C19H33N3O3. The maximum atomic E-state index is 5.47. The maximum Gasteiger partial charge on any atom is 0.193 e. The first-order chi connectivity index (χ1) is 12.2. The molecule has 0 saturated heterocycles. The molecule has 0 aliphatic rings. The lowest BCUT2D eigenvalue weighted by Gasteiger charge is -2.23. The molecular weight excluding hydrogens is 318 g/mol. The monoisotopic (exact) mass is 351 g/mol. The van der Waals surface area contributed by atoms with Crippen LogP contribution < -0.4 is 10.1 Å². The number of para-hydroxylation sites is 1. The summed E-state index contributed by atoms with van der Waals surface area (Å²) in [6.07, 6.45) is 2.01. The Hall–Kier alpha value is -1.79. The number of nitrogens with zero attached hydrogens (tertiary/aromatic N) is 2. The van der Waals surface area contributed by atoms with Crippen LogP contribution in [0.2, 0.25) is 0 Å². The molecule has 0 aromatic heterocycles. The molecule has 142 valence electrons. The lowest BCUT2D eigenvalue weighted by Crippen LogP contribution is -2.38. The molecule has 0 amide bonds. The largest absolute Gasteiger partial charge is 0.496 e. The standard InChI is InChI=1S/C19H33N3O3/c1-5-20-19(21-12-8-9-13-25-15-14-23-3)22(2)16-17-10-6-7-11-18(17)24-4/h6-7,10-11H,5,8-9,12-16H2,1-4H3,(H,20,21). The topological polar surface area (TPSA) is 55.3 Å². The highest BCUT2D eigenvalue weighted by Gasteiger charge is 2.09. The van der Waals surface area contributed by atoms with E-state index in [2.05, 4.69) is 23.2 Å². The third kappa shape index (κ3) is 8.74. The number of rotatable bonds is 12. The number of ether oxygens (including phenoxy) is 3. The molecule has 25 heavy (non-hydrogen) atoms. The molecule has 1 aromatic carbocycles. The van der Waals surface area contributed by atoms with Crippen LogP contribution in [0.25, 0.3) is 0 Å². The minimum atomic E-state index is 0.649. The number of hydrogen-bond donors (Lipinski definition) is 1. The molecule has 0 spiro atoms. The first-order valence-corrected chi connectivity index (χ1v) is 8.91. The molecule has 1 N–H and O–H groups in total. The first kappa shape index (κ1) is 21.3. The average Bonchev–Trinajstić information content (AvgIpc) is 2.63. The summed E-state index contributed by atoms with van der Waals surface area (Å²) in [6.45, 7) is 6.51. The van der Waals surface area contributed by atoms with Gasteiger partial charge in [0.25, 0.3) is 0 Å². The Bertz CT molecular complexity index is 495. The van der Waals surface area contributed by atoms with Crippen molar-refractivity contribution in [2.24, 2.45) is 4.99 Å². The second-order valence-corrected chi connectivity index (χ2v) is 5.72. The Labute approximate surface area is 152 Å². The van der Waals surface area contributed by atoms with Crippen molar-refractivity contribution in [3.05, 3.63) is 29.8 Å². The zero-order valence-corrected chi connectivity index (χ0v) is 16.1. The SMILES string of the molecule is CCNC(=NCCCCOCCOC)N(C)Cc1ccccc1OC. The Balaban J connectivity index is 2.45. The van der Waals surface area contributed by atoms with E-state index < -0.39 is 0 Å². The van der Waals surface area contributed by atoms with Crippen LogP contribution in [0.3, 0.4) is 0 Å². The van der Waals surface area contributed by atoms with Crippen LogP contribution in [0.5, 0.6) is 5.75 Å². The van der Waals surface area contributed by atoms with Crippen molar-refractivity contribution in [1.82, 2.24) is 10.2 Å². The van der Waals surface area contributed by atoms with Crippen molar-refractivity contribution < 1.29 is 14.2 Å². The van der Waals surface area contributed by atoms with Gasteiger partial charge in [0.1, 0.15) is 5.75 Å². The molecule has 1 rings (SSSR count). The molecule has 0 radical (unpaired) electrons. The van der Waals surface area contributed by atoms with E-state index in [4.69, 9.17) is 19.2 Å². The van der Waals surface area contributed by atoms with Gasteiger partial charge in [-0.3, -0.25) is 4.99 Å². The van der Waals surface area contributed by atoms with Crippen LogP contribution in [0.1, 0.15) is 25.3 Å². The molecule has 0 saturated carbocycles.